The third-order valence-corrected chi connectivity index (χ3v) is 2.78. The van der Waals surface area contributed by atoms with Crippen molar-refractivity contribution in [2.24, 2.45) is 0 Å². The second-order valence-electron chi connectivity index (χ2n) is 4.25. The van der Waals surface area contributed by atoms with Crippen molar-refractivity contribution in [3.8, 4) is 23.1 Å². The number of aromatic nitrogens is 2. The largest absolute Gasteiger partial charge is 0.454 e. The smallest absolute Gasteiger partial charge is 0.238 e. The van der Waals surface area contributed by atoms with Crippen molar-refractivity contribution in [3.63, 3.8) is 0 Å². The average Bonchev–Trinajstić information content (AvgIpc) is 2.93. The summed E-state index contributed by atoms with van der Waals surface area (Å²) in [5.74, 6) is 2.51. The fourth-order valence-electron chi connectivity index (χ4n) is 1.83. The summed E-state index contributed by atoms with van der Waals surface area (Å²) in [6, 6.07) is 5.40. The zero-order valence-electron chi connectivity index (χ0n) is 11.1. The minimum atomic E-state index is 0.247. The van der Waals surface area contributed by atoms with Crippen molar-refractivity contribution < 1.29 is 14.2 Å². The molecule has 1 aliphatic rings. The number of hydrogen-bond acceptors (Lipinski definition) is 6. The van der Waals surface area contributed by atoms with E-state index in [1.807, 2.05) is 19.1 Å². The molecule has 1 aromatic heterocycles. The number of ether oxygens (including phenoxy) is 3. The Labute approximate surface area is 116 Å². The maximum Gasteiger partial charge on any atom is 0.238 e. The molecule has 6 nitrogen and oxygen atoms in total. The number of nitrogens with one attached hydrogen (secondary N) is 1. The van der Waals surface area contributed by atoms with Gasteiger partial charge in [0.15, 0.2) is 11.5 Å². The molecule has 20 heavy (non-hydrogen) atoms. The molecule has 1 aromatic carbocycles. The van der Waals surface area contributed by atoms with Crippen LogP contribution < -0.4 is 19.5 Å². The van der Waals surface area contributed by atoms with Gasteiger partial charge in [0.1, 0.15) is 5.75 Å². The number of benzene rings is 1. The molecule has 0 amide bonds. The molecule has 1 aliphatic heterocycles. The van der Waals surface area contributed by atoms with Crippen LogP contribution in [0.4, 0.5) is 0 Å². The van der Waals surface area contributed by atoms with Gasteiger partial charge in [-0.15, -0.1) is 0 Å². The molecule has 0 aliphatic carbocycles. The fourth-order valence-corrected chi connectivity index (χ4v) is 1.83. The van der Waals surface area contributed by atoms with E-state index in [-0.39, 0.29) is 6.79 Å². The monoisotopic (exact) mass is 273 g/mol. The predicted molar refractivity (Wildman–Crippen MR) is 72.1 cm³/mol. The highest BCUT2D eigenvalue weighted by Crippen LogP contribution is 2.36. The lowest BCUT2D eigenvalue weighted by molar-refractivity contribution is 0.174. The first-order chi connectivity index (χ1) is 9.85. The molecule has 0 fully saturated rings. The van der Waals surface area contributed by atoms with Gasteiger partial charge < -0.3 is 19.5 Å². The quantitative estimate of drug-likeness (QED) is 0.900. The van der Waals surface area contributed by atoms with Crippen molar-refractivity contribution in [2.45, 2.75) is 13.5 Å². The third kappa shape index (κ3) is 2.80. The molecule has 2 aromatic rings. The summed E-state index contributed by atoms with van der Waals surface area (Å²) >= 11 is 0. The van der Waals surface area contributed by atoms with Crippen LogP contribution in [0.2, 0.25) is 0 Å². The minimum absolute atomic E-state index is 0.247. The van der Waals surface area contributed by atoms with Crippen molar-refractivity contribution in [2.75, 3.05) is 13.3 Å². The second kappa shape index (κ2) is 5.75. The Bertz CT molecular complexity index is 604. The van der Waals surface area contributed by atoms with Gasteiger partial charge in [-0.1, -0.05) is 6.92 Å². The van der Waals surface area contributed by atoms with Crippen molar-refractivity contribution >= 4 is 0 Å². The van der Waals surface area contributed by atoms with Crippen molar-refractivity contribution in [3.05, 3.63) is 36.3 Å². The van der Waals surface area contributed by atoms with Gasteiger partial charge in [0.05, 0.1) is 11.9 Å². The summed E-state index contributed by atoms with van der Waals surface area (Å²) in [6.07, 6.45) is 3.30. The third-order valence-electron chi connectivity index (χ3n) is 2.78. The number of rotatable bonds is 5. The zero-order valence-corrected chi connectivity index (χ0v) is 11.1. The van der Waals surface area contributed by atoms with Crippen LogP contribution in [0, 0.1) is 0 Å². The number of hydrogen-bond donors (Lipinski definition) is 1. The Morgan fingerprint density at radius 2 is 2.15 bits per heavy atom. The molecule has 104 valence electrons. The second-order valence-corrected chi connectivity index (χ2v) is 4.25. The number of nitrogens with zero attached hydrogens (tertiary/aromatic N) is 2. The molecule has 0 atom stereocenters. The van der Waals surface area contributed by atoms with E-state index in [4.69, 9.17) is 14.2 Å². The van der Waals surface area contributed by atoms with E-state index in [0.29, 0.717) is 23.9 Å². The molecule has 0 saturated heterocycles. The van der Waals surface area contributed by atoms with Crippen LogP contribution in [0.25, 0.3) is 0 Å². The van der Waals surface area contributed by atoms with E-state index < -0.39 is 0 Å². The molecular weight excluding hydrogens is 258 g/mol. The van der Waals surface area contributed by atoms with Gasteiger partial charge in [-0.25, -0.2) is 4.98 Å². The minimum Gasteiger partial charge on any atom is -0.454 e. The lowest BCUT2D eigenvalue weighted by atomic mass is 10.3. The Hall–Kier alpha value is -2.34. The highest BCUT2D eigenvalue weighted by Gasteiger charge is 2.14. The van der Waals surface area contributed by atoms with Gasteiger partial charge in [0, 0.05) is 18.8 Å². The Kier molecular flexibility index (Phi) is 3.64. The summed E-state index contributed by atoms with van der Waals surface area (Å²) in [5, 5.41) is 3.20. The summed E-state index contributed by atoms with van der Waals surface area (Å²) in [4.78, 5) is 8.50. The van der Waals surface area contributed by atoms with Crippen molar-refractivity contribution in [1.29, 1.82) is 0 Å². The van der Waals surface area contributed by atoms with E-state index in [0.717, 1.165) is 18.0 Å². The molecular formula is C14H15N3O3. The zero-order chi connectivity index (χ0) is 13.8. The maximum atomic E-state index is 5.69. The van der Waals surface area contributed by atoms with Gasteiger partial charge in [0.2, 0.25) is 12.7 Å². The summed E-state index contributed by atoms with van der Waals surface area (Å²) in [5.41, 5.74) is 0.838. The number of fused-ring (bicyclic) bond motifs is 1. The van der Waals surface area contributed by atoms with Gasteiger partial charge in [-0.05, 0) is 18.7 Å². The highest BCUT2D eigenvalue weighted by molar-refractivity contribution is 5.47. The molecule has 2 heterocycles. The van der Waals surface area contributed by atoms with E-state index >= 15 is 0 Å². The molecule has 6 heteroatoms. The molecule has 0 spiro atoms. The molecule has 0 saturated carbocycles. The first-order valence-corrected chi connectivity index (χ1v) is 6.44. The Morgan fingerprint density at radius 3 is 3.05 bits per heavy atom. The fraction of sp³-hybridized carbons (Fsp3) is 0.286. The first-order valence-electron chi connectivity index (χ1n) is 6.44. The summed E-state index contributed by atoms with van der Waals surface area (Å²) < 4.78 is 16.2. The summed E-state index contributed by atoms with van der Waals surface area (Å²) in [7, 11) is 0. The van der Waals surface area contributed by atoms with Crippen LogP contribution in [-0.4, -0.2) is 23.3 Å². The van der Waals surface area contributed by atoms with Gasteiger partial charge in [0.25, 0.3) is 0 Å². The molecule has 1 N–H and O–H groups in total. The Balaban J connectivity index is 1.74. The van der Waals surface area contributed by atoms with Crippen LogP contribution >= 0.6 is 0 Å². The molecule has 0 unspecified atom stereocenters. The van der Waals surface area contributed by atoms with E-state index in [9.17, 15) is 0 Å². The topological polar surface area (TPSA) is 65.5 Å². The molecule has 3 rings (SSSR count). The van der Waals surface area contributed by atoms with E-state index in [1.165, 1.54) is 0 Å². The van der Waals surface area contributed by atoms with Crippen LogP contribution in [0.15, 0.2) is 30.6 Å². The summed E-state index contributed by atoms with van der Waals surface area (Å²) in [6.45, 7) is 3.84. The van der Waals surface area contributed by atoms with Crippen LogP contribution in [0.5, 0.6) is 23.1 Å². The molecule has 0 radical (unpaired) electrons. The maximum absolute atomic E-state index is 5.69. The average molecular weight is 273 g/mol. The predicted octanol–water partition coefficient (Wildman–Crippen LogP) is 2.11. The van der Waals surface area contributed by atoms with Gasteiger partial charge >= 0.3 is 0 Å². The normalized spacial score (nSPS) is 12.4. The first kappa shape index (κ1) is 12.7. The van der Waals surface area contributed by atoms with Crippen molar-refractivity contribution in [1.82, 2.24) is 15.3 Å². The van der Waals surface area contributed by atoms with Crippen LogP contribution in [-0.2, 0) is 6.54 Å². The van der Waals surface area contributed by atoms with Crippen LogP contribution in [0.3, 0.4) is 0 Å². The SMILES string of the molecule is CCNCc1cncc(Oc2ccc3c(c2)OCO3)n1. The molecule has 0 bridgehead atoms. The highest BCUT2D eigenvalue weighted by atomic mass is 16.7. The van der Waals surface area contributed by atoms with E-state index in [1.54, 1.807) is 18.5 Å². The van der Waals surface area contributed by atoms with Gasteiger partial charge in [-0.3, -0.25) is 4.98 Å². The lowest BCUT2D eigenvalue weighted by Gasteiger charge is -2.07. The Morgan fingerprint density at radius 1 is 1.25 bits per heavy atom. The van der Waals surface area contributed by atoms with E-state index in [2.05, 4.69) is 15.3 Å². The van der Waals surface area contributed by atoms with Crippen LogP contribution in [0.1, 0.15) is 12.6 Å². The standard InChI is InChI=1S/C14H15N3O3/c1-2-15-6-10-7-16-8-14(17-10)20-11-3-4-12-13(5-11)19-9-18-12/h3-5,7-8,15H,2,6,9H2,1H3. The lowest BCUT2D eigenvalue weighted by Crippen LogP contribution is -2.13. The van der Waals surface area contributed by atoms with Gasteiger partial charge in [-0.2, -0.15) is 0 Å².